The van der Waals surface area contributed by atoms with Gasteiger partial charge >= 0.3 is 5.97 Å². The number of anilines is 1. The fourth-order valence-electron chi connectivity index (χ4n) is 1.54. The predicted octanol–water partition coefficient (Wildman–Crippen LogP) is 1.75. The molecule has 0 amide bonds. The zero-order chi connectivity index (χ0) is 15.3. The van der Waals surface area contributed by atoms with Crippen LogP contribution in [0.15, 0.2) is 24.3 Å². The smallest absolute Gasteiger partial charge is 0.328 e. The Kier molecular flexibility index (Phi) is 5.29. The summed E-state index contributed by atoms with van der Waals surface area (Å²) < 4.78 is 28.3. The number of carbonyl (C=O) groups is 1. The highest BCUT2D eigenvalue weighted by Crippen LogP contribution is 2.17. The zero-order valence-corrected chi connectivity index (χ0v) is 12.4. The number of aryl methyl sites for hydroxylation is 1. The number of carboxylic acid groups (broad SMARTS) is 1. The van der Waals surface area contributed by atoms with Gasteiger partial charge in [-0.05, 0) is 50.1 Å². The predicted molar refractivity (Wildman–Crippen MR) is 78.7 cm³/mol. The first-order chi connectivity index (χ1) is 9.19. The monoisotopic (exact) mass is 298 g/mol. The molecule has 0 aliphatic carbocycles. The molecule has 0 radical (unpaired) electrons. The van der Waals surface area contributed by atoms with E-state index < -0.39 is 16.2 Å². The van der Waals surface area contributed by atoms with E-state index in [0.29, 0.717) is 11.3 Å². The van der Waals surface area contributed by atoms with Crippen molar-refractivity contribution in [1.29, 1.82) is 0 Å². The SMILES string of the molecule is Cc1ccc(NS(=O)(=O)NC(C)C)cc1/C=C/C(=O)O. The van der Waals surface area contributed by atoms with Gasteiger partial charge in [-0.3, -0.25) is 4.72 Å². The topological polar surface area (TPSA) is 95.5 Å². The van der Waals surface area contributed by atoms with Gasteiger partial charge in [-0.1, -0.05) is 6.07 Å². The van der Waals surface area contributed by atoms with Gasteiger partial charge in [0.1, 0.15) is 0 Å². The number of benzene rings is 1. The van der Waals surface area contributed by atoms with Crippen molar-refractivity contribution in [1.82, 2.24) is 4.72 Å². The number of rotatable bonds is 6. The van der Waals surface area contributed by atoms with Crippen LogP contribution in [0.25, 0.3) is 6.08 Å². The molecule has 3 N–H and O–H groups in total. The Labute approximate surface area is 118 Å². The molecule has 0 fully saturated rings. The molecule has 0 saturated heterocycles. The Balaban J connectivity index is 2.98. The van der Waals surface area contributed by atoms with Gasteiger partial charge < -0.3 is 5.11 Å². The fraction of sp³-hybridized carbons (Fsp3) is 0.308. The maximum absolute atomic E-state index is 11.7. The number of hydrogen-bond donors (Lipinski definition) is 3. The molecule has 0 aliphatic heterocycles. The lowest BCUT2D eigenvalue weighted by molar-refractivity contribution is -0.131. The van der Waals surface area contributed by atoms with Crippen LogP contribution in [0.4, 0.5) is 5.69 Å². The summed E-state index contributed by atoms with van der Waals surface area (Å²) in [6.45, 7) is 5.25. The van der Waals surface area contributed by atoms with Gasteiger partial charge in [0.2, 0.25) is 0 Å². The normalized spacial score (nSPS) is 12.0. The summed E-state index contributed by atoms with van der Waals surface area (Å²) in [5.41, 5.74) is 1.85. The number of carboxylic acids is 1. The van der Waals surface area contributed by atoms with E-state index in [1.807, 2.05) is 6.92 Å². The number of hydrogen-bond acceptors (Lipinski definition) is 3. The molecule has 20 heavy (non-hydrogen) atoms. The third-order valence-electron chi connectivity index (χ3n) is 2.33. The summed E-state index contributed by atoms with van der Waals surface area (Å²) in [4.78, 5) is 10.5. The molecule has 6 nitrogen and oxygen atoms in total. The van der Waals surface area contributed by atoms with E-state index in [4.69, 9.17) is 5.11 Å². The molecular formula is C13H18N2O4S. The van der Waals surface area contributed by atoms with Gasteiger partial charge in [0.25, 0.3) is 10.2 Å². The molecule has 1 aromatic rings. The Morgan fingerprint density at radius 2 is 2.00 bits per heavy atom. The molecule has 1 rings (SSSR count). The molecule has 0 unspecified atom stereocenters. The van der Waals surface area contributed by atoms with Gasteiger partial charge in [0, 0.05) is 12.1 Å². The van der Waals surface area contributed by atoms with Gasteiger partial charge in [-0.2, -0.15) is 13.1 Å². The van der Waals surface area contributed by atoms with E-state index in [1.165, 1.54) is 6.08 Å². The quantitative estimate of drug-likeness (QED) is 0.697. The second kappa shape index (κ2) is 6.53. The molecule has 7 heteroatoms. The van der Waals surface area contributed by atoms with Crippen molar-refractivity contribution in [2.75, 3.05) is 4.72 Å². The van der Waals surface area contributed by atoms with Crippen LogP contribution in [0.2, 0.25) is 0 Å². The minimum atomic E-state index is -3.64. The summed E-state index contributed by atoms with van der Waals surface area (Å²) >= 11 is 0. The van der Waals surface area contributed by atoms with Crippen LogP contribution in [-0.2, 0) is 15.0 Å². The highest BCUT2D eigenvalue weighted by molar-refractivity contribution is 7.90. The Bertz CT molecular complexity index is 621. The first-order valence-corrected chi connectivity index (χ1v) is 7.49. The van der Waals surface area contributed by atoms with Crippen LogP contribution in [0.3, 0.4) is 0 Å². The van der Waals surface area contributed by atoms with Crippen LogP contribution < -0.4 is 9.44 Å². The molecule has 0 atom stereocenters. The van der Waals surface area contributed by atoms with Gasteiger partial charge in [0.15, 0.2) is 0 Å². The maximum atomic E-state index is 11.7. The fourth-order valence-corrected chi connectivity index (χ4v) is 2.66. The lowest BCUT2D eigenvalue weighted by Gasteiger charge is -2.12. The van der Waals surface area contributed by atoms with E-state index in [-0.39, 0.29) is 6.04 Å². The molecule has 0 bridgehead atoms. The van der Waals surface area contributed by atoms with E-state index in [2.05, 4.69) is 9.44 Å². The average molecular weight is 298 g/mol. The van der Waals surface area contributed by atoms with E-state index in [0.717, 1.165) is 11.6 Å². The summed E-state index contributed by atoms with van der Waals surface area (Å²) in [6, 6.07) is 4.69. The lowest BCUT2D eigenvalue weighted by atomic mass is 10.1. The van der Waals surface area contributed by atoms with Crippen LogP contribution >= 0.6 is 0 Å². The minimum absolute atomic E-state index is 0.218. The first-order valence-electron chi connectivity index (χ1n) is 6.01. The molecule has 0 saturated carbocycles. The second-order valence-electron chi connectivity index (χ2n) is 4.62. The molecular weight excluding hydrogens is 280 g/mol. The lowest BCUT2D eigenvalue weighted by Crippen LogP contribution is -2.35. The molecule has 0 aliphatic rings. The number of aliphatic carboxylic acids is 1. The summed E-state index contributed by atoms with van der Waals surface area (Å²) in [5.74, 6) is -1.06. The van der Waals surface area contributed by atoms with Crippen LogP contribution in [0.1, 0.15) is 25.0 Å². The molecule has 0 aromatic heterocycles. The zero-order valence-electron chi connectivity index (χ0n) is 11.5. The largest absolute Gasteiger partial charge is 0.478 e. The first kappa shape index (κ1) is 16.2. The molecule has 0 spiro atoms. The van der Waals surface area contributed by atoms with Crippen molar-refractivity contribution in [2.45, 2.75) is 26.8 Å². The summed E-state index contributed by atoms with van der Waals surface area (Å²) in [6.07, 6.45) is 2.43. The van der Waals surface area contributed by atoms with Crippen molar-refractivity contribution in [2.24, 2.45) is 0 Å². The average Bonchev–Trinajstić information content (AvgIpc) is 2.27. The standard InChI is InChI=1S/C13H18N2O4S/c1-9(2)14-20(18,19)15-12-6-4-10(3)11(8-12)5-7-13(16)17/h4-9,14-15H,1-3H3,(H,16,17)/b7-5+. The van der Waals surface area contributed by atoms with Crippen molar-refractivity contribution in [3.05, 3.63) is 35.4 Å². The van der Waals surface area contributed by atoms with Gasteiger partial charge in [-0.25, -0.2) is 4.79 Å². The van der Waals surface area contributed by atoms with Crippen molar-refractivity contribution >= 4 is 27.9 Å². The number of nitrogens with one attached hydrogen (secondary N) is 2. The molecule has 0 heterocycles. The van der Waals surface area contributed by atoms with Gasteiger partial charge in [-0.15, -0.1) is 0 Å². The van der Waals surface area contributed by atoms with E-state index in [9.17, 15) is 13.2 Å². The van der Waals surface area contributed by atoms with Crippen molar-refractivity contribution < 1.29 is 18.3 Å². The van der Waals surface area contributed by atoms with Crippen molar-refractivity contribution in [3.8, 4) is 0 Å². The van der Waals surface area contributed by atoms with Gasteiger partial charge in [0.05, 0.1) is 5.69 Å². The molecule has 1 aromatic carbocycles. The van der Waals surface area contributed by atoms with Crippen LogP contribution in [0, 0.1) is 6.92 Å². The Morgan fingerprint density at radius 3 is 2.55 bits per heavy atom. The van der Waals surface area contributed by atoms with Crippen LogP contribution in [0.5, 0.6) is 0 Å². The Hall–Kier alpha value is -1.86. The minimum Gasteiger partial charge on any atom is -0.478 e. The summed E-state index contributed by atoms with van der Waals surface area (Å²) in [7, 11) is -3.64. The third kappa shape index (κ3) is 5.41. The van der Waals surface area contributed by atoms with Crippen LogP contribution in [-0.4, -0.2) is 25.5 Å². The highest BCUT2D eigenvalue weighted by Gasteiger charge is 2.11. The maximum Gasteiger partial charge on any atom is 0.328 e. The van der Waals surface area contributed by atoms with E-state index in [1.54, 1.807) is 32.0 Å². The van der Waals surface area contributed by atoms with Crippen molar-refractivity contribution in [3.63, 3.8) is 0 Å². The van der Waals surface area contributed by atoms with E-state index >= 15 is 0 Å². The highest BCUT2D eigenvalue weighted by atomic mass is 32.2. The second-order valence-corrected chi connectivity index (χ2v) is 6.07. The summed E-state index contributed by atoms with van der Waals surface area (Å²) in [5, 5.41) is 8.61. The Morgan fingerprint density at radius 1 is 1.35 bits per heavy atom. The molecule has 110 valence electrons. The third-order valence-corrected chi connectivity index (χ3v) is 3.61.